The number of aryl methyl sites for hydroxylation is 1. The van der Waals surface area contributed by atoms with Crippen LogP contribution < -0.4 is 5.32 Å². The lowest BCUT2D eigenvalue weighted by Crippen LogP contribution is -2.41. The Morgan fingerprint density at radius 1 is 1.25 bits per heavy atom. The number of amides is 2. The molecule has 6 heteroatoms. The lowest BCUT2D eigenvalue weighted by atomic mass is 9.95. The largest absolute Gasteiger partial charge is 0.338 e. The van der Waals surface area contributed by atoms with Crippen molar-refractivity contribution in [2.24, 2.45) is 5.92 Å². The number of carbonyl (C=O) groups is 2. The third-order valence-electron chi connectivity index (χ3n) is 4.26. The van der Waals surface area contributed by atoms with E-state index in [0.29, 0.717) is 25.9 Å². The van der Waals surface area contributed by atoms with E-state index in [-0.39, 0.29) is 23.4 Å². The summed E-state index contributed by atoms with van der Waals surface area (Å²) < 4.78 is 13.8. The zero-order valence-electron chi connectivity index (χ0n) is 13.4. The standard InChI is InChI=1S/C18H19FN2O2S/c1-12-4-5-14(19)15(11-12)20-17(22)13-6-8-21(9-7-13)18(23)16-3-2-10-24-16/h2-5,10-11,13H,6-9H2,1H3,(H,20,22). The Bertz CT molecular complexity index is 737. The van der Waals surface area contributed by atoms with Crippen molar-refractivity contribution in [2.45, 2.75) is 19.8 Å². The van der Waals surface area contributed by atoms with Crippen molar-refractivity contribution in [3.63, 3.8) is 0 Å². The van der Waals surface area contributed by atoms with Crippen LogP contribution in [0.15, 0.2) is 35.7 Å². The first-order valence-electron chi connectivity index (χ1n) is 7.94. The maximum Gasteiger partial charge on any atom is 0.263 e. The van der Waals surface area contributed by atoms with Crippen molar-refractivity contribution in [1.29, 1.82) is 0 Å². The molecule has 24 heavy (non-hydrogen) atoms. The maximum absolute atomic E-state index is 13.8. The van der Waals surface area contributed by atoms with Gasteiger partial charge < -0.3 is 10.2 Å². The van der Waals surface area contributed by atoms with Crippen molar-refractivity contribution < 1.29 is 14.0 Å². The number of halogens is 1. The third-order valence-corrected chi connectivity index (χ3v) is 5.12. The van der Waals surface area contributed by atoms with E-state index in [9.17, 15) is 14.0 Å². The van der Waals surface area contributed by atoms with E-state index < -0.39 is 5.82 Å². The number of benzene rings is 1. The minimum Gasteiger partial charge on any atom is -0.338 e. The average Bonchev–Trinajstić information content (AvgIpc) is 3.12. The van der Waals surface area contributed by atoms with E-state index >= 15 is 0 Å². The molecule has 0 saturated carbocycles. The first-order valence-corrected chi connectivity index (χ1v) is 8.82. The van der Waals surface area contributed by atoms with Crippen LogP contribution in [0.4, 0.5) is 10.1 Å². The zero-order valence-corrected chi connectivity index (χ0v) is 14.2. The molecule has 1 saturated heterocycles. The van der Waals surface area contributed by atoms with Crippen molar-refractivity contribution in [3.8, 4) is 0 Å². The number of anilines is 1. The van der Waals surface area contributed by atoms with Gasteiger partial charge in [-0.3, -0.25) is 9.59 Å². The van der Waals surface area contributed by atoms with E-state index in [1.165, 1.54) is 17.4 Å². The fraction of sp³-hybridized carbons (Fsp3) is 0.333. The molecule has 0 atom stereocenters. The van der Waals surface area contributed by atoms with Gasteiger partial charge in [0.25, 0.3) is 5.91 Å². The molecule has 1 aliphatic rings. The normalized spacial score (nSPS) is 15.3. The van der Waals surface area contributed by atoms with Gasteiger partial charge in [0.2, 0.25) is 5.91 Å². The number of carbonyl (C=O) groups excluding carboxylic acids is 2. The van der Waals surface area contributed by atoms with Crippen LogP contribution in [0.2, 0.25) is 0 Å². The molecule has 2 amide bonds. The minimum atomic E-state index is -0.431. The molecule has 4 nitrogen and oxygen atoms in total. The summed E-state index contributed by atoms with van der Waals surface area (Å²) in [5.74, 6) is -0.784. The number of hydrogen-bond donors (Lipinski definition) is 1. The van der Waals surface area contributed by atoms with Crippen LogP contribution in [-0.2, 0) is 4.79 Å². The molecule has 1 aromatic heterocycles. The Balaban J connectivity index is 1.57. The Labute approximate surface area is 144 Å². The molecule has 2 heterocycles. The molecule has 1 fully saturated rings. The molecule has 3 rings (SSSR count). The minimum absolute atomic E-state index is 0.0218. The van der Waals surface area contributed by atoms with Crippen molar-refractivity contribution in [3.05, 3.63) is 52.0 Å². The van der Waals surface area contributed by atoms with Crippen molar-refractivity contribution >= 4 is 28.8 Å². The van der Waals surface area contributed by atoms with Gasteiger partial charge in [-0.05, 0) is 48.9 Å². The van der Waals surface area contributed by atoms with Crippen LogP contribution >= 0.6 is 11.3 Å². The van der Waals surface area contributed by atoms with Gasteiger partial charge in [0, 0.05) is 19.0 Å². The topological polar surface area (TPSA) is 49.4 Å². The Morgan fingerprint density at radius 2 is 2.00 bits per heavy atom. The van der Waals surface area contributed by atoms with Crippen LogP contribution in [0.25, 0.3) is 0 Å². The quantitative estimate of drug-likeness (QED) is 0.921. The molecule has 1 N–H and O–H groups in total. The summed E-state index contributed by atoms with van der Waals surface area (Å²) >= 11 is 1.42. The van der Waals surface area contributed by atoms with E-state index in [4.69, 9.17) is 0 Å². The van der Waals surface area contributed by atoms with Crippen LogP contribution in [0, 0.1) is 18.7 Å². The van der Waals surface area contributed by atoms with Crippen molar-refractivity contribution in [1.82, 2.24) is 4.90 Å². The average molecular weight is 346 g/mol. The van der Waals surface area contributed by atoms with Gasteiger partial charge in [-0.25, -0.2) is 4.39 Å². The molecule has 0 radical (unpaired) electrons. The summed E-state index contributed by atoms with van der Waals surface area (Å²) in [6, 6.07) is 8.32. The molecular weight excluding hydrogens is 327 g/mol. The number of piperidine rings is 1. The fourth-order valence-corrected chi connectivity index (χ4v) is 3.56. The van der Waals surface area contributed by atoms with E-state index in [1.807, 2.05) is 24.4 Å². The van der Waals surface area contributed by atoms with E-state index in [2.05, 4.69) is 5.32 Å². The summed E-state index contributed by atoms with van der Waals surface area (Å²) in [6.07, 6.45) is 1.19. The summed E-state index contributed by atoms with van der Waals surface area (Å²) in [6.45, 7) is 2.94. The van der Waals surface area contributed by atoms with Gasteiger partial charge in [-0.2, -0.15) is 0 Å². The second kappa shape index (κ2) is 7.13. The molecule has 1 aliphatic heterocycles. The molecule has 0 spiro atoms. The summed E-state index contributed by atoms with van der Waals surface area (Å²) in [5.41, 5.74) is 1.11. The number of nitrogens with zero attached hydrogens (tertiary/aromatic N) is 1. The van der Waals surface area contributed by atoms with Gasteiger partial charge in [0.1, 0.15) is 5.82 Å². The highest BCUT2D eigenvalue weighted by Gasteiger charge is 2.28. The number of hydrogen-bond acceptors (Lipinski definition) is 3. The van der Waals surface area contributed by atoms with E-state index in [0.717, 1.165) is 10.4 Å². The van der Waals surface area contributed by atoms with Gasteiger partial charge >= 0.3 is 0 Å². The second-order valence-electron chi connectivity index (χ2n) is 6.02. The first kappa shape index (κ1) is 16.6. The van der Waals surface area contributed by atoms with Crippen molar-refractivity contribution in [2.75, 3.05) is 18.4 Å². The second-order valence-corrected chi connectivity index (χ2v) is 6.96. The summed E-state index contributed by atoms with van der Waals surface area (Å²) in [4.78, 5) is 27.2. The van der Waals surface area contributed by atoms with Gasteiger partial charge in [0.05, 0.1) is 10.6 Å². The van der Waals surface area contributed by atoms with Crippen LogP contribution in [0.5, 0.6) is 0 Å². The zero-order chi connectivity index (χ0) is 17.1. The molecule has 126 valence electrons. The molecule has 0 aliphatic carbocycles. The van der Waals surface area contributed by atoms with Gasteiger partial charge in [-0.1, -0.05) is 12.1 Å². The maximum atomic E-state index is 13.8. The molecule has 0 bridgehead atoms. The highest BCUT2D eigenvalue weighted by atomic mass is 32.1. The Kier molecular flexibility index (Phi) is 4.94. The Hall–Kier alpha value is -2.21. The lowest BCUT2D eigenvalue weighted by molar-refractivity contribution is -0.121. The first-order chi connectivity index (χ1) is 11.5. The fourth-order valence-electron chi connectivity index (χ4n) is 2.87. The summed E-state index contributed by atoms with van der Waals surface area (Å²) in [7, 11) is 0. The van der Waals surface area contributed by atoms with E-state index in [1.54, 1.807) is 17.0 Å². The molecule has 2 aromatic rings. The predicted molar refractivity (Wildman–Crippen MR) is 92.7 cm³/mol. The third kappa shape index (κ3) is 3.64. The summed E-state index contributed by atoms with van der Waals surface area (Å²) in [5, 5.41) is 4.56. The highest BCUT2D eigenvalue weighted by Crippen LogP contribution is 2.23. The predicted octanol–water partition coefficient (Wildman–Crippen LogP) is 3.69. The van der Waals surface area contributed by atoms with Crippen LogP contribution in [-0.4, -0.2) is 29.8 Å². The molecule has 1 aromatic carbocycles. The SMILES string of the molecule is Cc1ccc(F)c(NC(=O)C2CCN(C(=O)c3cccs3)CC2)c1. The number of likely N-dealkylation sites (tertiary alicyclic amines) is 1. The molecule has 0 unspecified atom stereocenters. The Morgan fingerprint density at radius 3 is 2.67 bits per heavy atom. The lowest BCUT2D eigenvalue weighted by Gasteiger charge is -2.31. The number of thiophene rings is 1. The highest BCUT2D eigenvalue weighted by molar-refractivity contribution is 7.12. The molecular formula is C18H19FN2O2S. The van der Waals surface area contributed by atoms with Gasteiger partial charge in [-0.15, -0.1) is 11.3 Å². The number of nitrogens with one attached hydrogen (secondary N) is 1. The van der Waals surface area contributed by atoms with Crippen LogP contribution in [0.1, 0.15) is 28.1 Å². The number of rotatable bonds is 3. The van der Waals surface area contributed by atoms with Crippen LogP contribution in [0.3, 0.4) is 0 Å². The smallest absolute Gasteiger partial charge is 0.263 e. The van der Waals surface area contributed by atoms with Gasteiger partial charge in [0.15, 0.2) is 0 Å². The monoisotopic (exact) mass is 346 g/mol.